The van der Waals surface area contributed by atoms with E-state index in [0.717, 1.165) is 30.8 Å². The average molecular weight is 543 g/mol. The molecular weight excluding hydrogens is 498 g/mol. The zero-order valence-corrected chi connectivity index (χ0v) is 22.8. The first-order chi connectivity index (χ1) is 16.1. The molecule has 4 heteroatoms. The van der Waals surface area contributed by atoms with E-state index < -0.39 is 27.2 Å². The van der Waals surface area contributed by atoms with Gasteiger partial charge in [0.05, 0.1) is 0 Å². The number of unbranched alkanes of at least 4 members (excludes halogenated alkanes) is 13. The summed E-state index contributed by atoms with van der Waals surface area (Å²) in [5.41, 5.74) is 1.16. The van der Waals surface area contributed by atoms with E-state index in [-0.39, 0.29) is 0 Å². The molecule has 0 aliphatic heterocycles. The molecule has 0 saturated heterocycles. The van der Waals surface area contributed by atoms with Gasteiger partial charge in [0, 0.05) is 0 Å². The fraction of sp³-hybridized carbons (Fsp3) is 0.586. The van der Waals surface area contributed by atoms with Crippen molar-refractivity contribution in [3.8, 4) is 0 Å². The maximum absolute atomic E-state index is 12.7. The standard InChI is InChI=1S/C16H33.C7H7.C6H4.2Co.2O/c1-3-5-7-9-11-13-15-16-14-12-10-8-6-4-2;1-7-5-3-2-4-6-7;1-2-4-6-5-3-1;;;;/h1,3-16H2,2H3;3-6H,1H3;1-2,5-6H;;;;. The first-order valence-electron chi connectivity index (χ1n) is 12.9. The van der Waals surface area contributed by atoms with E-state index in [1.165, 1.54) is 83.5 Å². The number of rotatable bonds is 18. The maximum atomic E-state index is 12.7. The van der Waals surface area contributed by atoms with E-state index in [1.54, 1.807) is 0 Å². The molecule has 0 amide bonds. The Bertz CT molecular complexity index is 813. The summed E-state index contributed by atoms with van der Waals surface area (Å²) in [5.74, 6) is 0. The summed E-state index contributed by atoms with van der Waals surface area (Å²) in [6, 6.07) is 15.4. The van der Waals surface area contributed by atoms with Gasteiger partial charge in [-0.1, -0.05) is 26.2 Å². The predicted octanol–water partition coefficient (Wildman–Crippen LogP) is 7.40. The fourth-order valence-corrected chi connectivity index (χ4v) is 6.64. The second-order valence-corrected chi connectivity index (χ2v) is 12.8. The van der Waals surface area contributed by atoms with Gasteiger partial charge in [-0.3, -0.25) is 0 Å². The number of hydrogen-bond acceptors (Lipinski definition) is 2. The van der Waals surface area contributed by atoms with Crippen LogP contribution in [-0.2, 0) is 34.9 Å². The molecule has 0 atom stereocenters. The van der Waals surface area contributed by atoms with Crippen molar-refractivity contribution in [2.24, 2.45) is 0 Å². The predicted molar refractivity (Wildman–Crippen MR) is 133 cm³/mol. The Hall–Kier alpha value is -0.947. The molecule has 0 saturated carbocycles. The SMILES string of the molecule is CCCCCCCCCCCCCCC[CH2][Co](=[O])[c]1cc[c]([Co](=[O])[c]2ccc(C)cc2)cc1. The van der Waals surface area contributed by atoms with Crippen molar-refractivity contribution < 1.29 is 34.9 Å². The van der Waals surface area contributed by atoms with Crippen molar-refractivity contribution in [1.29, 1.82) is 0 Å². The van der Waals surface area contributed by atoms with Gasteiger partial charge in [-0.2, -0.15) is 0 Å². The minimum atomic E-state index is -1.56. The molecule has 0 bridgehead atoms. The molecule has 2 nitrogen and oxygen atoms in total. The van der Waals surface area contributed by atoms with Crippen LogP contribution in [0.4, 0.5) is 0 Å². The third-order valence-corrected chi connectivity index (χ3v) is 9.60. The Kier molecular flexibility index (Phi) is 15.0. The molecule has 0 aliphatic rings. The molecule has 0 spiro atoms. The van der Waals surface area contributed by atoms with Crippen molar-refractivity contribution >= 4 is 13.5 Å². The molecule has 0 heterocycles. The van der Waals surface area contributed by atoms with Gasteiger partial charge in [-0.25, -0.2) is 0 Å². The molecule has 0 aliphatic carbocycles. The molecule has 2 aromatic carbocycles. The summed E-state index contributed by atoms with van der Waals surface area (Å²) in [6.07, 6.45) is 18.7. The van der Waals surface area contributed by atoms with Gasteiger partial charge in [0.25, 0.3) is 0 Å². The van der Waals surface area contributed by atoms with Crippen LogP contribution in [0, 0.1) is 6.92 Å². The molecule has 0 radical (unpaired) electrons. The summed E-state index contributed by atoms with van der Waals surface area (Å²) in [6.45, 7) is 4.30. The van der Waals surface area contributed by atoms with Crippen molar-refractivity contribution in [3.63, 3.8) is 0 Å². The van der Waals surface area contributed by atoms with Crippen LogP contribution < -0.4 is 13.5 Å². The molecule has 0 unspecified atom stereocenters. The molecule has 0 aromatic heterocycles. The number of benzene rings is 2. The molecule has 190 valence electrons. The molecule has 0 fully saturated rings. The van der Waals surface area contributed by atoms with Gasteiger partial charge >= 0.3 is 185 Å². The van der Waals surface area contributed by atoms with E-state index in [1.807, 2.05) is 55.5 Å². The zero-order valence-electron chi connectivity index (χ0n) is 20.7. The van der Waals surface area contributed by atoms with Crippen LogP contribution in [-0.4, -0.2) is 0 Å². The Morgan fingerprint density at radius 3 is 1.33 bits per heavy atom. The van der Waals surface area contributed by atoms with Crippen molar-refractivity contribution in [2.75, 3.05) is 0 Å². The van der Waals surface area contributed by atoms with Crippen molar-refractivity contribution in [1.82, 2.24) is 0 Å². The van der Waals surface area contributed by atoms with Gasteiger partial charge in [0.1, 0.15) is 0 Å². The molecule has 33 heavy (non-hydrogen) atoms. The van der Waals surface area contributed by atoms with Gasteiger partial charge in [0.15, 0.2) is 0 Å². The second kappa shape index (κ2) is 17.5. The second-order valence-electron chi connectivity index (χ2n) is 8.92. The molecule has 2 aromatic rings. The van der Waals surface area contributed by atoms with Crippen LogP contribution in [0.15, 0.2) is 48.5 Å². The number of hydrogen-bond donors (Lipinski definition) is 0. The van der Waals surface area contributed by atoms with Gasteiger partial charge in [0.2, 0.25) is 0 Å². The Balaban J connectivity index is 1.53. The minimum absolute atomic E-state index is 0.758. The van der Waals surface area contributed by atoms with E-state index in [0.29, 0.717) is 0 Å². The summed E-state index contributed by atoms with van der Waals surface area (Å²) >= 11 is -2.89. The Morgan fingerprint density at radius 1 is 0.515 bits per heavy atom. The summed E-state index contributed by atoms with van der Waals surface area (Å²) in [4.78, 5) is 0. The van der Waals surface area contributed by atoms with Crippen LogP contribution in [0.2, 0.25) is 5.36 Å². The van der Waals surface area contributed by atoms with Gasteiger partial charge < -0.3 is 0 Å². The van der Waals surface area contributed by atoms with Crippen LogP contribution in [0.3, 0.4) is 0 Å². The number of aryl methyl sites for hydroxylation is 1. The first kappa shape index (κ1) is 28.3. The molecule has 0 N–H and O–H groups in total. The van der Waals surface area contributed by atoms with E-state index in [4.69, 9.17) is 0 Å². The summed E-state index contributed by atoms with van der Waals surface area (Å²) in [7, 11) is 0. The van der Waals surface area contributed by atoms with Gasteiger partial charge in [-0.05, 0) is 0 Å². The average Bonchev–Trinajstić information content (AvgIpc) is 2.84. The van der Waals surface area contributed by atoms with Crippen LogP contribution in [0.25, 0.3) is 0 Å². The third-order valence-electron chi connectivity index (χ3n) is 5.96. The van der Waals surface area contributed by atoms with Crippen molar-refractivity contribution in [2.45, 2.75) is 109 Å². The van der Waals surface area contributed by atoms with Crippen LogP contribution in [0.5, 0.6) is 0 Å². The van der Waals surface area contributed by atoms with Crippen LogP contribution >= 0.6 is 0 Å². The fourth-order valence-electron chi connectivity index (χ4n) is 3.86. The van der Waals surface area contributed by atoms with Crippen molar-refractivity contribution in [3.05, 3.63) is 54.1 Å². The Labute approximate surface area is 210 Å². The van der Waals surface area contributed by atoms with Gasteiger partial charge in [-0.15, -0.1) is 0 Å². The molecular formula is C29H44Co2O2. The monoisotopic (exact) mass is 542 g/mol. The zero-order chi connectivity index (χ0) is 23.7. The van der Waals surface area contributed by atoms with E-state index >= 15 is 0 Å². The quantitative estimate of drug-likeness (QED) is 0.184. The van der Waals surface area contributed by atoms with E-state index in [9.17, 15) is 7.73 Å². The molecule has 2 rings (SSSR count). The first-order valence-corrected chi connectivity index (χ1v) is 16.0. The third kappa shape index (κ3) is 11.8. The van der Waals surface area contributed by atoms with Crippen LogP contribution in [0.1, 0.15) is 102 Å². The topological polar surface area (TPSA) is 34.1 Å². The normalized spacial score (nSPS) is 12.1. The summed E-state index contributed by atoms with van der Waals surface area (Å²) < 4.78 is 27.9. The van der Waals surface area contributed by atoms with E-state index in [2.05, 4.69) is 6.92 Å². The summed E-state index contributed by atoms with van der Waals surface area (Å²) in [5, 5.41) is 0.758. The Morgan fingerprint density at radius 2 is 0.879 bits per heavy atom.